The van der Waals surface area contributed by atoms with Crippen LogP contribution in [0.2, 0.25) is 0 Å². The Labute approximate surface area is 121 Å². The van der Waals surface area contributed by atoms with Gasteiger partial charge >= 0.3 is 0 Å². The molecule has 0 radical (unpaired) electrons. The van der Waals surface area contributed by atoms with Crippen LogP contribution in [0.4, 0.5) is 0 Å². The highest BCUT2D eigenvalue weighted by atomic mass is 32.2. The van der Waals surface area contributed by atoms with Crippen LogP contribution in [0.5, 0.6) is 0 Å². The van der Waals surface area contributed by atoms with Crippen molar-refractivity contribution in [1.29, 1.82) is 0 Å². The molecule has 19 heavy (non-hydrogen) atoms. The Hall–Kier alpha value is -0.510. The van der Waals surface area contributed by atoms with E-state index in [9.17, 15) is 0 Å². The summed E-state index contributed by atoms with van der Waals surface area (Å²) in [6.45, 7) is 3.60. The van der Waals surface area contributed by atoms with E-state index in [-0.39, 0.29) is 0 Å². The van der Waals surface area contributed by atoms with E-state index >= 15 is 0 Å². The third-order valence-electron chi connectivity index (χ3n) is 4.34. The molecule has 104 valence electrons. The Bertz CT molecular complexity index is 376. The molecule has 3 rings (SSSR count). The van der Waals surface area contributed by atoms with Crippen molar-refractivity contribution >= 4 is 11.8 Å². The van der Waals surface area contributed by atoms with E-state index < -0.39 is 0 Å². The Morgan fingerprint density at radius 3 is 2.68 bits per heavy atom. The lowest BCUT2D eigenvalue weighted by Gasteiger charge is -2.34. The molecule has 0 amide bonds. The molecule has 0 bridgehead atoms. The van der Waals surface area contributed by atoms with Gasteiger partial charge in [-0.05, 0) is 49.4 Å². The fourth-order valence-corrected chi connectivity index (χ4v) is 4.32. The minimum absolute atomic E-state index is 0.512. The maximum Gasteiger partial charge on any atom is 0.0449 e. The lowest BCUT2D eigenvalue weighted by atomic mass is 10.0. The highest BCUT2D eigenvalue weighted by Gasteiger charge is 2.26. The van der Waals surface area contributed by atoms with Crippen LogP contribution >= 0.6 is 11.8 Å². The van der Waals surface area contributed by atoms with Gasteiger partial charge < -0.3 is 5.32 Å². The monoisotopic (exact) mass is 276 g/mol. The molecule has 3 heteroatoms. The second-order valence-electron chi connectivity index (χ2n) is 5.61. The largest absolute Gasteiger partial charge is 0.309 e. The Balaban J connectivity index is 1.68. The molecule has 0 aromatic heterocycles. The molecule has 2 aliphatic heterocycles. The molecular formula is C16H24N2S. The van der Waals surface area contributed by atoms with Crippen molar-refractivity contribution in [2.45, 2.75) is 31.3 Å². The smallest absolute Gasteiger partial charge is 0.0449 e. The van der Waals surface area contributed by atoms with Gasteiger partial charge in [-0.25, -0.2) is 0 Å². The molecule has 2 aliphatic rings. The predicted molar refractivity (Wildman–Crippen MR) is 83.7 cm³/mol. The van der Waals surface area contributed by atoms with Gasteiger partial charge in [0.1, 0.15) is 0 Å². The third kappa shape index (κ3) is 3.53. The summed E-state index contributed by atoms with van der Waals surface area (Å²) in [6, 6.07) is 12.3. The Morgan fingerprint density at radius 1 is 1.11 bits per heavy atom. The van der Waals surface area contributed by atoms with Crippen molar-refractivity contribution in [3.8, 4) is 0 Å². The van der Waals surface area contributed by atoms with Crippen molar-refractivity contribution in [1.82, 2.24) is 10.2 Å². The van der Waals surface area contributed by atoms with Gasteiger partial charge in [-0.1, -0.05) is 30.3 Å². The van der Waals surface area contributed by atoms with Gasteiger partial charge in [0.15, 0.2) is 0 Å². The van der Waals surface area contributed by atoms with Gasteiger partial charge in [0.2, 0.25) is 0 Å². The maximum absolute atomic E-state index is 3.72. The Kier molecular flexibility index (Phi) is 4.81. The summed E-state index contributed by atoms with van der Waals surface area (Å²) >= 11 is 2.12. The SMILES string of the molecule is c1ccc(C2CN(C3CCSCC3)CCCN2)cc1. The number of nitrogens with one attached hydrogen (secondary N) is 1. The highest BCUT2D eigenvalue weighted by Crippen LogP contribution is 2.25. The zero-order valence-corrected chi connectivity index (χ0v) is 12.4. The van der Waals surface area contributed by atoms with E-state index in [0.717, 1.165) is 12.6 Å². The minimum Gasteiger partial charge on any atom is -0.309 e. The molecule has 2 heterocycles. The van der Waals surface area contributed by atoms with Gasteiger partial charge in [-0.3, -0.25) is 4.90 Å². The number of thioether (sulfide) groups is 1. The second kappa shape index (κ2) is 6.78. The molecule has 0 spiro atoms. The molecule has 2 nitrogen and oxygen atoms in total. The van der Waals surface area contributed by atoms with E-state index in [1.165, 1.54) is 49.4 Å². The van der Waals surface area contributed by atoms with Crippen LogP contribution in [-0.2, 0) is 0 Å². The zero-order chi connectivity index (χ0) is 12.9. The summed E-state index contributed by atoms with van der Waals surface area (Å²) in [4.78, 5) is 2.75. The fraction of sp³-hybridized carbons (Fsp3) is 0.625. The van der Waals surface area contributed by atoms with Crippen LogP contribution in [0.3, 0.4) is 0 Å². The quantitative estimate of drug-likeness (QED) is 0.894. The van der Waals surface area contributed by atoms with E-state index in [0.29, 0.717) is 6.04 Å². The molecular weight excluding hydrogens is 252 g/mol. The van der Waals surface area contributed by atoms with Gasteiger partial charge in [-0.2, -0.15) is 11.8 Å². The van der Waals surface area contributed by atoms with Gasteiger partial charge in [0.05, 0.1) is 0 Å². The lowest BCUT2D eigenvalue weighted by Crippen LogP contribution is -2.41. The summed E-state index contributed by atoms with van der Waals surface area (Å²) in [5.74, 6) is 2.70. The van der Waals surface area contributed by atoms with E-state index in [1.54, 1.807) is 0 Å². The predicted octanol–water partition coefficient (Wildman–Crippen LogP) is 2.92. The van der Waals surface area contributed by atoms with Gasteiger partial charge in [-0.15, -0.1) is 0 Å². The maximum atomic E-state index is 3.72. The zero-order valence-electron chi connectivity index (χ0n) is 11.6. The van der Waals surface area contributed by atoms with Crippen molar-refractivity contribution in [3.63, 3.8) is 0 Å². The first-order chi connectivity index (χ1) is 9.43. The summed E-state index contributed by atoms with van der Waals surface area (Å²) in [7, 11) is 0. The first-order valence-corrected chi connectivity index (χ1v) is 8.69. The van der Waals surface area contributed by atoms with Crippen molar-refractivity contribution < 1.29 is 0 Å². The van der Waals surface area contributed by atoms with Crippen LogP contribution in [-0.4, -0.2) is 42.1 Å². The minimum atomic E-state index is 0.512. The molecule has 1 atom stereocenters. The van der Waals surface area contributed by atoms with E-state index in [4.69, 9.17) is 0 Å². The van der Waals surface area contributed by atoms with Gasteiger partial charge in [0, 0.05) is 18.6 Å². The summed E-state index contributed by atoms with van der Waals surface area (Å²) in [5.41, 5.74) is 1.44. The standard InChI is InChI=1S/C16H24N2S/c1-2-5-14(6-3-1)16-13-18(10-4-9-17-16)15-7-11-19-12-8-15/h1-3,5-6,15-17H,4,7-13H2. The number of hydrogen-bond donors (Lipinski definition) is 1. The van der Waals surface area contributed by atoms with E-state index in [2.05, 4.69) is 52.3 Å². The summed E-state index contributed by atoms with van der Waals surface area (Å²) < 4.78 is 0. The van der Waals surface area contributed by atoms with Gasteiger partial charge in [0.25, 0.3) is 0 Å². The van der Waals surface area contributed by atoms with Crippen LogP contribution in [0.1, 0.15) is 30.9 Å². The average molecular weight is 276 g/mol. The number of nitrogens with zero attached hydrogens (tertiary/aromatic N) is 1. The molecule has 2 saturated heterocycles. The molecule has 0 saturated carbocycles. The third-order valence-corrected chi connectivity index (χ3v) is 5.39. The molecule has 0 aliphatic carbocycles. The molecule has 1 aromatic rings. The topological polar surface area (TPSA) is 15.3 Å². The molecule has 1 N–H and O–H groups in total. The first-order valence-electron chi connectivity index (χ1n) is 7.53. The van der Waals surface area contributed by atoms with Crippen LogP contribution in [0.15, 0.2) is 30.3 Å². The number of hydrogen-bond acceptors (Lipinski definition) is 3. The first kappa shape index (κ1) is 13.5. The lowest BCUT2D eigenvalue weighted by molar-refractivity contribution is 0.182. The fourth-order valence-electron chi connectivity index (χ4n) is 3.24. The summed E-state index contributed by atoms with van der Waals surface area (Å²) in [6.07, 6.45) is 4.05. The van der Waals surface area contributed by atoms with Crippen LogP contribution < -0.4 is 5.32 Å². The normalized spacial score (nSPS) is 27.1. The molecule has 1 aromatic carbocycles. The van der Waals surface area contributed by atoms with Crippen molar-refractivity contribution in [2.24, 2.45) is 0 Å². The second-order valence-corrected chi connectivity index (χ2v) is 6.83. The van der Waals surface area contributed by atoms with Crippen LogP contribution in [0.25, 0.3) is 0 Å². The molecule has 1 unspecified atom stereocenters. The average Bonchev–Trinajstić information content (AvgIpc) is 2.75. The number of benzene rings is 1. The summed E-state index contributed by atoms with van der Waals surface area (Å²) in [5, 5.41) is 3.72. The van der Waals surface area contributed by atoms with E-state index in [1.807, 2.05) is 0 Å². The van der Waals surface area contributed by atoms with Crippen molar-refractivity contribution in [3.05, 3.63) is 35.9 Å². The Morgan fingerprint density at radius 2 is 1.89 bits per heavy atom. The van der Waals surface area contributed by atoms with Crippen molar-refractivity contribution in [2.75, 3.05) is 31.1 Å². The van der Waals surface area contributed by atoms with Crippen LogP contribution in [0, 0.1) is 0 Å². The number of rotatable bonds is 2. The molecule has 2 fully saturated rings. The highest BCUT2D eigenvalue weighted by molar-refractivity contribution is 7.99.